The summed E-state index contributed by atoms with van der Waals surface area (Å²) in [7, 11) is 1.79. The van der Waals surface area contributed by atoms with E-state index in [9.17, 15) is 5.11 Å². The molecule has 0 bridgehead atoms. The van der Waals surface area contributed by atoms with Crippen molar-refractivity contribution in [2.45, 2.75) is 37.8 Å². The van der Waals surface area contributed by atoms with Crippen molar-refractivity contribution in [1.29, 1.82) is 0 Å². The molecule has 0 spiro atoms. The molecule has 20 heavy (non-hydrogen) atoms. The van der Waals surface area contributed by atoms with E-state index >= 15 is 0 Å². The second-order valence-corrected chi connectivity index (χ2v) is 5.54. The van der Waals surface area contributed by atoms with Crippen LogP contribution < -0.4 is 5.32 Å². The minimum atomic E-state index is 0.338. The van der Waals surface area contributed by atoms with Gasteiger partial charge in [0, 0.05) is 29.6 Å². The van der Waals surface area contributed by atoms with Gasteiger partial charge in [0.15, 0.2) is 0 Å². The van der Waals surface area contributed by atoms with Crippen molar-refractivity contribution in [3.05, 3.63) is 36.4 Å². The lowest BCUT2D eigenvalue weighted by Gasteiger charge is -2.30. The van der Waals surface area contributed by atoms with Crippen LogP contribution in [0.1, 0.15) is 25.7 Å². The van der Waals surface area contributed by atoms with E-state index in [-0.39, 0.29) is 0 Å². The van der Waals surface area contributed by atoms with Crippen LogP contribution in [-0.4, -0.2) is 24.4 Å². The maximum Gasteiger partial charge on any atom is 0.123 e. The van der Waals surface area contributed by atoms with Gasteiger partial charge in [0.05, 0.1) is 6.10 Å². The van der Waals surface area contributed by atoms with Gasteiger partial charge < -0.3 is 15.2 Å². The van der Waals surface area contributed by atoms with Crippen LogP contribution in [0.5, 0.6) is 5.75 Å². The third-order valence-electron chi connectivity index (χ3n) is 4.22. The molecule has 106 valence electrons. The lowest BCUT2D eigenvalue weighted by molar-refractivity contribution is 0.0669. The molecule has 0 aromatic heterocycles. The van der Waals surface area contributed by atoms with Gasteiger partial charge in [0.2, 0.25) is 0 Å². The number of methoxy groups -OCH3 is 1. The van der Waals surface area contributed by atoms with Crippen LogP contribution in [0.15, 0.2) is 36.4 Å². The zero-order chi connectivity index (χ0) is 13.9. The molecular formula is C17H21NO2. The molecule has 2 atom stereocenters. The van der Waals surface area contributed by atoms with Crippen molar-refractivity contribution < 1.29 is 9.84 Å². The predicted molar refractivity (Wildman–Crippen MR) is 82.3 cm³/mol. The number of benzene rings is 2. The lowest BCUT2D eigenvalue weighted by atomic mass is 9.92. The Morgan fingerprint density at radius 1 is 1.10 bits per heavy atom. The highest BCUT2D eigenvalue weighted by Gasteiger charge is 2.21. The summed E-state index contributed by atoms with van der Waals surface area (Å²) in [6.07, 6.45) is 4.95. The topological polar surface area (TPSA) is 41.5 Å². The van der Waals surface area contributed by atoms with Crippen LogP contribution in [-0.2, 0) is 4.74 Å². The summed E-state index contributed by atoms with van der Waals surface area (Å²) in [6.45, 7) is 0. The summed E-state index contributed by atoms with van der Waals surface area (Å²) in [5.74, 6) is 0.338. The Morgan fingerprint density at radius 2 is 1.90 bits per heavy atom. The smallest absolute Gasteiger partial charge is 0.123 e. The van der Waals surface area contributed by atoms with Crippen molar-refractivity contribution >= 4 is 16.5 Å². The second kappa shape index (κ2) is 5.71. The molecule has 3 heteroatoms. The molecule has 0 radical (unpaired) electrons. The second-order valence-electron chi connectivity index (χ2n) is 5.54. The standard InChI is InChI=1S/C17H21NO2/c1-20-13-6-2-5-12(11-13)18-16-9-3-8-15-14(16)7-4-10-17(15)19/h3-4,7-10,12-13,18-19H,2,5-6,11H2,1H3. The van der Waals surface area contributed by atoms with Crippen LogP contribution >= 0.6 is 0 Å². The minimum absolute atomic E-state index is 0.338. The fraction of sp³-hybridized carbons (Fsp3) is 0.412. The third-order valence-corrected chi connectivity index (χ3v) is 4.22. The largest absolute Gasteiger partial charge is 0.507 e. The van der Waals surface area contributed by atoms with E-state index in [1.165, 1.54) is 12.8 Å². The highest BCUT2D eigenvalue weighted by Crippen LogP contribution is 2.32. The first-order valence-corrected chi connectivity index (χ1v) is 7.28. The fourth-order valence-corrected chi connectivity index (χ4v) is 3.13. The molecule has 0 aliphatic heterocycles. The van der Waals surface area contributed by atoms with E-state index in [4.69, 9.17) is 4.74 Å². The van der Waals surface area contributed by atoms with Gasteiger partial charge in [-0.1, -0.05) is 24.3 Å². The molecule has 2 aromatic rings. The molecule has 2 N–H and O–H groups in total. The SMILES string of the molecule is COC1CCCC(Nc2cccc3c(O)cccc23)C1. The molecule has 2 aromatic carbocycles. The molecule has 1 aliphatic rings. The van der Waals surface area contributed by atoms with Gasteiger partial charge in [-0.25, -0.2) is 0 Å². The third kappa shape index (κ3) is 2.59. The number of anilines is 1. The normalized spacial score (nSPS) is 22.9. The average molecular weight is 271 g/mol. The highest BCUT2D eigenvalue weighted by molar-refractivity contribution is 5.97. The van der Waals surface area contributed by atoms with Crippen LogP contribution in [0.25, 0.3) is 10.8 Å². The van der Waals surface area contributed by atoms with E-state index in [0.717, 1.165) is 29.3 Å². The zero-order valence-electron chi connectivity index (χ0n) is 11.8. The molecule has 0 amide bonds. The first kappa shape index (κ1) is 13.3. The molecule has 0 heterocycles. The van der Waals surface area contributed by atoms with Crippen LogP contribution in [0.4, 0.5) is 5.69 Å². The van der Waals surface area contributed by atoms with Gasteiger partial charge in [0.25, 0.3) is 0 Å². The molecular weight excluding hydrogens is 250 g/mol. The maximum absolute atomic E-state index is 9.93. The summed E-state index contributed by atoms with van der Waals surface area (Å²) < 4.78 is 5.49. The number of hydrogen-bond donors (Lipinski definition) is 2. The molecule has 1 fully saturated rings. The first-order chi connectivity index (χ1) is 9.78. The summed E-state index contributed by atoms with van der Waals surface area (Å²) >= 11 is 0. The molecule has 1 aliphatic carbocycles. The minimum Gasteiger partial charge on any atom is -0.507 e. The zero-order valence-corrected chi connectivity index (χ0v) is 11.8. The van der Waals surface area contributed by atoms with Gasteiger partial charge in [-0.3, -0.25) is 0 Å². The van der Waals surface area contributed by atoms with Crippen molar-refractivity contribution in [1.82, 2.24) is 0 Å². The number of nitrogens with one attached hydrogen (secondary N) is 1. The summed E-state index contributed by atoms with van der Waals surface area (Å²) in [5.41, 5.74) is 1.10. The number of aromatic hydroxyl groups is 1. The van der Waals surface area contributed by atoms with Crippen molar-refractivity contribution in [3.63, 3.8) is 0 Å². The Kier molecular flexibility index (Phi) is 3.79. The van der Waals surface area contributed by atoms with E-state index in [2.05, 4.69) is 11.4 Å². The van der Waals surface area contributed by atoms with E-state index in [1.807, 2.05) is 24.3 Å². The van der Waals surface area contributed by atoms with Crippen molar-refractivity contribution in [3.8, 4) is 5.75 Å². The molecule has 0 saturated heterocycles. The Balaban J connectivity index is 1.86. The lowest BCUT2D eigenvalue weighted by Crippen LogP contribution is -2.31. The number of phenolic OH excluding ortho intramolecular Hbond substituents is 1. The number of phenols is 1. The Labute approximate surface area is 119 Å². The van der Waals surface area contributed by atoms with Crippen molar-refractivity contribution in [2.24, 2.45) is 0 Å². The Morgan fingerprint density at radius 3 is 2.75 bits per heavy atom. The molecule has 3 rings (SSSR count). The van der Waals surface area contributed by atoms with E-state index < -0.39 is 0 Å². The predicted octanol–water partition coefficient (Wildman–Crippen LogP) is 3.91. The molecule has 3 nitrogen and oxygen atoms in total. The number of ether oxygens (including phenoxy) is 1. The number of fused-ring (bicyclic) bond motifs is 1. The van der Waals surface area contributed by atoms with Crippen LogP contribution in [0.3, 0.4) is 0 Å². The van der Waals surface area contributed by atoms with E-state index in [0.29, 0.717) is 17.9 Å². The Bertz CT molecular complexity index is 597. The monoisotopic (exact) mass is 271 g/mol. The average Bonchev–Trinajstić information content (AvgIpc) is 2.49. The highest BCUT2D eigenvalue weighted by atomic mass is 16.5. The van der Waals surface area contributed by atoms with Crippen LogP contribution in [0, 0.1) is 0 Å². The number of rotatable bonds is 3. The van der Waals surface area contributed by atoms with Crippen molar-refractivity contribution in [2.75, 3.05) is 12.4 Å². The summed E-state index contributed by atoms with van der Waals surface area (Å²) in [5, 5.41) is 15.5. The summed E-state index contributed by atoms with van der Waals surface area (Å²) in [4.78, 5) is 0. The number of hydrogen-bond acceptors (Lipinski definition) is 3. The maximum atomic E-state index is 9.93. The van der Waals surface area contributed by atoms with Gasteiger partial charge in [-0.15, -0.1) is 0 Å². The van der Waals surface area contributed by atoms with Gasteiger partial charge in [0.1, 0.15) is 5.75 Å². The fourth-order valence-electron chi connectivity index (χ4n) is 3.13. The van der Waals surface area contributed by atoms with E-state index in [1.54, 1.807) is 13.2 Å². The van der Waals surface area contributed by atoms with Crippen LogP contribution in [0.2, 0.25) is 0 Å². The van der Waals surface area contributed by atoms with Gasteiger partial charge in [-0.05, 0) is 37.8 Å². The first-order valence-electron chi connectivity index (χ1n) is 7.28. The Hall–Kier alpha value is -1.74. The summed E-state index contributed by atoms with van der Waals surface area (Å²) in [6, 6.07) is 12.1. The van der Waals surface area contributed by atoms with Gasteiger partial charge >= 0.3 is 0 Å². The quantitative estimate of drug-likeness (QED) is 0.889. The molecule has 2 unspecified atom stereocenters. The molecule has 1 saturated carbocycles. The van der Waals surface area contributed by atoms with Gasteiger partial charge in [-0.2, -0.15) is 0 Å².